The normalized spacial score (nSPS) is 44.1. The molecular weight excluding hydrogens is 404 g/mol. The predicted octanol–water partition coefficient (Wildman–Crippen LogP) is 3.61. The van der Waals surface area contributed by atoms with Crippen molar-refractivity contribution >= 4 is 11.6 Å². The van der Waals surface area contributed by atoms with Crippen LogP contribution < -0.4 is 0 Å². The summed E-state index contributed by atoms with van der Waals surface area (Å²) < 4.78 is 0. The van der Waals surface area contributed by atoms with Crippen LogP contribution in [0.3, 0.4) is 0 Å². The van der Waals surface area contributed by atoms with Crippen LogP contribution in [0.15, 0.2) is 23.3 Å². The van der Waals surface area contributed by atoms with Crippen LogP contribution in [0.5, 0.6) is 0 Å². The van der Waals surface area contributed by atoms with E-state index < -0.39 is 17.1 Å². The number of aliphatic hydroxyl groups excluding tert-OH is 1. The summed E-state index contributed by atoms with van der Waals surface area (Å²) in [4.78, 5) is 25.9. The van der Waals surface area contributed by atoms with Crippen LogP contribution in [-0.4, -0.2) is 44.7 Å². The number of carbonyl (C=O) groups excluding carboxylic acids is 2. The zero-order chi connectivity index (χ0) is 23.6. The molecule has 0 bridgehead atoms. The quantitative estimate of drug-likeness (QED) is 0.412. The maximum absolute atomic E-state index is 13.0. The van der Waals surface area contributed by atoms with Crippen molar-refractivity contribution < 1.29 is 24.9 Å². The van der Waals surface area contributed by atoms with E-state index in [1.165, 1.54) is 0 Å². The Morgan fingerprint density at radius 1 is 1.16 bits per heavy atom. The lowest BCUT2D eigenvalue weighted by Crippen LogP contribution is -2.61. The van der Waals surface area contributed by atoms with E-state index in [0.29, 0.717) is 29.9 Å². The van der Waals surface area contributed by atoms with E-state index in [-0.39, 0.29) is 53.7 Å². The fraction of sp³-hybridized carbons (Fsp3) is 0.778. The van der Waals surface area contributed by atoms with Crippen LogP contribution in [0, 0.1) is 40.9 Å². The highest BCUT2D eigenvalue weighted by Gasteiger charge is 2.76. The van der Waals surface area contributed by atoms with Crippen LogP contribution in [-0.2, 0) is 9.59 Å². The van der Waals surface area contributed by atoms with Gasteiger partial charge >= 0.3 is 0 Å². The molecule has 0 spiro atoms. The average molecular weight is 445 g/mol. The minimum atomic E-state index is -1.74. The van der Waals surface area contributed by atoms with E-state index in [1.807, 2.05) is 13.0 Å². The second-order valence-corrected chi connectivity index (χ2v) is 11.7. The van der Waals surface area contributed by atoms with Crippen LogP contribution >= 0.6 is 0 Å². The molecule has 0 saturated heterocycles. The number of hydrogen-bond acceptors (Lipinski definition) is 5. The van der Waals surface area contributed by atoms with E-state index in [9.17, 15) is 24.9 Å². The number of fused-ring (bicyclic) bond motifs is 5. The first-order chi connectivity index (χ1) is 14.9. The van der Waals surface area contributed by atoms with Crippen LogP contribution in [0.4, 0.5) is 0 Å². The van der Waals surface area contributed by atoms with Gasteiger partial charge in [0.15, 0.2) is 5.78 Å². The van der Waals surface area contributed by atoms with E-state index in [1.54, 1.807) is 13.0 Å². The molecule has 2 saturated carbocycles. The first-order valence-corrected chi connectivity index (χ1v) is 12.4. The summed E-state index contributed by atoms with van der Waals surface area (Å²) >= 11 is 0. The van der Waals surface area contributed by atoms with E-state index >= 15 is 0 Å². The molecule has 0 aromatic rings. The van der Waals surface area contributed by atoms with Gasteiger partial charge in [-0.2, -0.15) is 0 Å². The van der Waals surface area contributed by atoms with Crippen molar-refractivity contribution in [1.82, 2.24) is 0 Å². The standard InChI is InChI=1S/C27H40O5/c1-6-7-8-9-18(29)12-19-16(3)27(32)20(23-22(19)25(23,4)5)11-17(14-28)13-26(31)21(27)10-15(2)24(26)30/h10-11,16,19-23,28,31-32H,6-9,12-14H2,1-5H3/t16-,19-,20+,21-,22?,23+,26-,27-/m1/s1. The van der Waals surface area contributed by atoms with Gasteiger partial charge in [0.05, 0.1) is 12.2 Å². The number of aliphatic hydroxyl groups is 3. The molecule has 4 aliphatic carbocycles. The minimum Gasteiger partial charge on any atom is -0.392 e. The van der Waals surface area contributed by atoms with Gasteiger partial charge in [-0.25, -0.2) is 0 Å². The molecule has 4 aliphatic rings. The van der Waals surface area contributed by atoms with E-state index in [4.69, 9.17) is 0 Å². The lowest BCUT2D eigenvalue weighted by atomic mass is 9.56. The number of carbonyl (C=O) groups is 2. The number of hydrogen-bond donors (Lipinski definition) is 3. The van der Waals surface area contributed by atoms with Gasteiger partial charge in [0, 0.05) is 31.1 Å². The van der Waals surface area contributed by atoms with Crippen LogP contribution in [0.2, 0.25) is 0 Å². The van der Waals surface area contributed by atoms with Gasteiger partial charge in [-0.05, 0) is 53.6 Å². The summed E-state index contributed by atoms with van der Waals surface area (Å²) in [7, 11) is 0. The molecule has 0 aliphatic heterocycles. The molecular formula is C27H40O5. The zero-order valence-electron chi connectivity index (χ0n) is 20.2. The maximum atomic E-state index is 13.0. The summed E-state index contributed by atoms with van der Waals surface area (Å²) in [6, 6.07) is 0. The van der Waals surface area contributed by atoms with Gasteiger partial charge in [0.2, 0.25) is 0 Å². The van der Waals surface area contributed by atoms with Gasteiger partial charge in [-0.1, -0.05) is 52.7 Å². The van der Waals surface area contributed by atoms with Gasteiger partial charge in [-0.3, -0.25) is 9.59 Å². The fourth-order valence-corrected chi connectivity index (χ4v) is 7.86. The monoisotopic (exact) mass is 444 g/mol. The average Bonchev–Trinajstić information content (AvgIpc) is 3.25. The molecule has 0 amide bonds. The number of ketones is 2. The Hall–Kier alpha value is -1.30. The third-order valence-corrected chi connectivity index (χ3v) is 9.57. The molecule has 0 heterocycles. The van der Waals surface area contributed by atoms with Crippen molar-refractivity contribution in [2.45, 2.75) is 84.3 Å². The largest absolute Gasteiger partial charge is 0.392 e. The third-order valence-electron chi connectivity index (χ3n) is 9.57. The Bertz CT molecular complexity index is 869. The van der Waals surface area contributed by atoms with Gasteiger partial charge in [0.1, 0.15) is 11.4 Å². The Labute approximate surface area is 192 Å². The topological polar surface area (TPSA) is 94.8 Å². The molecule has 3 N–H and O–H groups in total. The fourth-order valence-electron chi connectivity index (χ4n) is 7.86. The van der Waals surface area contributed by atoms with Crippen LogP contribution in [0.1, 0.15) is 73.1 Å². The molecule has 32 heavy (non-hydrogen) atoms. The van der Waals surface area contributed by atoms with E-state index in [2.05, 4.69) is 20.8 Å². The molecule has 2 fully saturated rings. The highest BCUT2D eigenvalue weighted by atomic mass is 16.3. The van der Waals surface area contributed by atoms with Gasteiger partial charge < -0.3 is 15.3 Å². The predicted molar refractivity (Wildman–Crippen MR) is 123 cm³/mol. The Morgan fingerprint density at radius 3 is 2.47 bits per heavy atom. The highest BCUT2D eigenvalue weighted by Crippen LogP contribution is 2.75. The lowest BCUT2D eigenvalue weighted by molar-refractivity contribution is -0.178. The highest BCUT2D eigenvalue weighted by molar-refractivity contribution is 6.04. The molecule has 178 valence electrons. The Kier molecular flexibility index (Phi) is 5.88. The maximum Gasteiger partial charge on any atom is 0.190 e. The SMILES string of the molecule is CCCCCC(=O)C[C@H]1C2[C@H]([C@@H]3C=C(CO)C[C@]4(O)C(=O)C(C)=C[C@H]4[C@@]3(O)[C@@H]1C)C2(C)C. The second kappa shape index (κ2) is 7.89. The summed E-state index contributed by atoms with van der Waals surface area (Å²) in [5.74, 6) is -0.878. The summed E-state index contributed by atoms with van der Waals surface area (Å²) in [5, 5.41) is 34.1. The Balaban J connectivity index is 1.75. The number of unbranched alkanes of at least 4 members (excludes halogenated alkanes) is 2. The molecule has 5 heteroatoms. The molecule has 5 nitrogen and oxygen atoms in total. The van der Waals surface area contributed by atoms with Crippen molar-refractivity contribution in [2.75, 3.05) is 6.61 Å². The van der Waals surface area contributed by atoms with Crippen molar-refractivity contribution in [3.05, 3.63) is 23.3 Å². The molecule has 1 unspecified atom stereocenters. The number of rotatable bonds is 7. The summed E-state index contributed by atoms with van der Waals surface area (Å²) in [6.07, 6.45) is 7.81. The molecule has 0 aromatic carbocycles. The second-order valence-electron chi connectivity index (χ2n) is 11.7. The Morgan fingerprint density at radius 2 is 1.84 bits per heavy atom. The van der Waals surface area contributed by atoms with Gasteiger partial charge in [0.25, 0.3) is 0 Å². The van der Waals surface area contributed by atoms with E-state index in [0.717, 1.165) is 19.3 Å². The van der Waals surface area contributed by atoms with Crippen LogP contribution in [0.25, 0.3) is 0 Å². The van der Waals surface area contributed by atoms with Crippen molar-refractivity contribution in [2.24, 2.45) is 40.9 Å². The lowest BCUT2D eigenvalue weighted by Gasteiger charge is -2.52. The first kappa shape index (κ1) is 23.8. The molecule has 0 radical (unpaired) electrons. The summed E-state index contributed by atoms with van der Waals surface area (Å²) in [5.41, 5.74) is -2.03. The van der Waals surface area contributed by atoms with Crippen molar-refractivity contribution in [3.63, 3.8) is 0 Å². The zero-order valence-corrected chi connectivity index (χ0v) is 20.2. The number of Topliss-reactive ketones (excluding diaryl/α,β-unsaturated/α-hetero) is 2. The smallest absolute Gasteiger partial charge is 0.190 e. The first-order valence-electron chi connectivity index (χ1n) is 12.4. The minimum absolute atomic E-state index is 0.0168. The molecule has 0 aromatic heterocycles. The van der Waals surface area contributed by atoms with Crippen molar-refractivity contribution in [1.29, 1.82) is 0 Å². The molecule has 4 rings (SSSR count). The summed E-state index contributed by atoms with van der Waals surface area (Å²) in [6.45, 7) is 10.0. The molecule has 8 atom stereocenters. The third kappa shape index (κ3) is 3.22. The van der Waals surface area contributed by atoms with Crippen molar-refractivity contribution in [3.8, 4) is 0 Å². The van der Waals surface area contributed by atoms with Gasteiger partial charge in [-0.15, -0.1) is 0 Å².